The van der Waals surface area contributed by atoms with Crippen LogP contribution >= 0.6 is 0 Å². The molecule has 1 aliphatic heterocycles. The molecule has 19 heavy (non-hydrogen) atoms. The molecular formula is C15H20N4. The van der Waals surface area contributed by atoms with E-state index in [1.54, 1.807) is 6.33 Å². The summed E-state index contributed by atoms with van der Waals surface area (Å²) in [6, 6.07) is 6.50. The van der Waals surface area contributed by atoms with Crippen molar-refractivity contribution in [2.45, 2.75) is 13.3 Å². The maximum Gasteiger partial charge on any atom is 0.139 e. The van der Waals surface area contributed by atoms with Crippen LogP contribution in [0, 0.1) is 0 Å². The Morgan fingerprint density at radius 1 is 1.11 bits per heavy atom. The molecule has 1 fully saturated rings. The van der Waals surface area contributed by atoms with Crippen LogP contribution in [0.15, 0.2) is 24.5 Å². The highest BCUT2D eigenvalue weighted by molar-refractivity contribution is 5.89. The predicted octanol–water partition coefficient (Wildman–Crippen LogP) is 1.94. The molecule has 0 radical (unpaired) electrons. The number of likely N-dealkylation sites (N-methyl/N-ethyl adjacent to an activating group) is 1. The van der Waals surface area contributed by atoms with Crippen molar-refractivity contribution in [1.29, 1.82) is 0 Å². The second-order valence-electron chi connectivity index (χ2n) is 5.19. The lowest BCUT2D eigenvalue weighted by Gasteiger charge is -2.33. The highest BCUT2D eigenvalue weighted by atomic mass is 15.3. The van der Waals surface area contributed by atoms with Gasteiger partial charge in [0.05, 0.1) is 5.52 Å². The van der Waals surface area contributed by atoms with Gasteiger partial charge in [-0.2, -0.15) is 0 Å². The Morgan fingerprint density at radius 3 is 2.63 bits per heavy atom. The number of aryl methyl sites for hydroxylation is 1. The van der Waals surface area contributed by atoms with E-state index in [0.717, 1.165) is 43.9 Å². The van der Waals surface area contributed by atoms with Gasteiger partial charge in [0.1, 0.15) is 12.1 Å². The van der Waals surface area contributed by atoms with E-state index < -0.39 is 0 Å². The summed E-state index contributed by atoms with van der Waals surface area (Å²) in [6.07, 6.45) is 2.73. The van der Waals surface area contributed by atoms with Crippen LogP contribution < -0.4 is 4.90 Å². The molecule has 0 spiro atoms. The number of nitrogens with zero attached hydrogens (tertiary/aromatic N) is 4. The van der Waals surface area contributed by atoms with Crippen molar-refractivity contribution in [2.24, 2.45) is 0 Å². The minimum Gasteiger partial charge on any atom is -0.353 e. The van der Waals surface area contributed by atoms with Gasteiger partial charge in [0, 0.05) is 31.6 Å². The number of piperazine rings is 1. The first-order chi connectivity index (χ1) is 9.28. The maximum atomic E-state index is 4.53. The fourth-order valence-corrected chi connectivity index (χ4v) is 2.58. The van der Waals surface area contributed by atoms with Gasteiger partial charge in [-0.25, -0.2) is 9.97 Å². The number of aromatic nitrogens is 2. The second kappa shape index (κ2) is 5.13. The number of benzene rings is 1. The van der Waals surface area contributed by atoms with Crippen molar-refractivity contribution in [3.8, 4) is 0 Å². The Labute approximate surface area is 114 Å². The SMILES string of the molecule is CCc1ccc2ncnc(N3CCN(C)CC3)c2c1. The van der Waals surface area contributed by atoms with Gasteiger partial charge in [0.15, 0.2) is 0 Å². The van der Waals surface area contributed by atoms with Crippen LogP contribution in [0.4, 0.5) is 5.82 Å². The molecule has 0 atom stereocenters. The summed E-state index contributed by atoms with van der Waals surface area (Å²) in [4.78, 5) is 13.6. The van der Waals surface area contributed by atoms with Crippen LogP contribution in [0.5, 0.6) is 0 Å². The molecule has 1 aromatic carbocycles. The van der Waals surface area contributed by atoms with Crippen molar-refractivity contribution in [3.05, 3.63) is 30.1 Å². The molecule has 0 bridgehead atoms. The zero-order chi connectivity index (χ0) is 13.2. The first-order valence-electron chi connectivity index (χ1n) is 6.95. The smallest absolute Gasteiger partial charge is 0.139 e. The fraction of sp³-hybridized carbons (Fsp3) is 0.467. The molecule has 2 heterocycles. The molecular weight excluding hydrogens is 236 g/mol. The van der Waals surface area contributed by atoms with E-state index in [0.29, 0.717) is 0 Å². The fourth-order valence-electron chi connectivity index (χ4n) is 2.58. The number of rotatable bonds is 2. The first-order valence-corrected chi connectivity index (χ1v) is 6.95. The summed E-state index contributed by atoms with van der Waals surface area (Å²) in [5, 5.41) is 1.19. The number of hydrogen-bond donors (Lipinski definition) is 0. The Balaban J connectivity index is 2.02. The summed E-state index contributed by atoms with van der Waals surface area (Å²) in [6.45, 7) is 6.45. The molecule has 1 aliphatic rings. The Kier molecular flexibility index (Phi) is 3.34. The lowest BCUT2D eigenvalue weighted by atomic mass is 10.1. The minimum absolute atomic E-state index is 1.04. The number of anilines is 1. The molecule has 2 aromatic rings. The molecule has 4 nitrogen and oxygen atoms in total. The van der Waals surface area contributed by atoms with Crippen LogP contribution in [0.25, 0.3) is 10.9 Å². The van der Waals surface area contributed by atoms with Gasteiger partial charge < -0.3 is 9.80 Å². The molecule has 100 valence electrons. The Hall–Kier alpha value is -1.68. The molecule has 0 N–H and O–H groups in total. The highest BCUT2D eigenvalue weighted by Crippen LogP contribution is 2.25. The molecule has 1 saturated heterocycles. The third-order valence-electron chi connectivity index (χ3n) is 3.89. The standard InChI is InChI=1S/C15H20N4/c1-3-12-4-5-14-13(10-12)15(17-11-16-14)19-8-6-18(2)7-9-19/h4-5,10-11H,3,6-9H2,1-2H3. The zero-order valence-corrected chi connectivity index (χ0v) is 11.6. The van der Waals surface area contributed by atoms with E-state index in [2.05, 4.69) is 51.9 Å². The summed E-state index contributed by atoms with van der Waals surface area (Å²) in [5.74, 6) is 1.09. The van der Waals surface area contributed by atoms with Crippen molar-refractivity contribution in [2.75, 3.05) is 38.1 Å². The monoisotopic (exact) mass is 256 g/mol. The molecule has 4 heteroatoms. The second-order valence-corrected chi connectivity index (χ2v) is 5.19. The molecule has 0 aliphatic carbocycles. The minimum atomic E-state index is 1.04. The number of hydrogen-bond acceptors (Lipinski definition) is 4. The van der Waals surface area contributed by atoms with Crippen LogP contribution in [-0.2, 0) is 6.42 Å². The van der Waals surface area contributed by atoms with Crippen LogP contribution in [0.1, 0.15) is 12.5 Å². The van der Waals surface area contributed by atoms with Gasteiger partial charge >= 0.3 is 0 Å². The van der Waals surface area contributed by atoms with E-state index >= 15 is 0 Å². The average Bonchev–Trinajstić information content (AvgIpc) is 2.47. The first kappa shape index (κ1) is 12.4. The molecule has 3 rings (SSSR count). The van der Waals surface area contributed by atoms with Crippen molar-refractivity contribution in [1.82, 2.24) is 14.9 Å². The van der Waals surface area contributed by atoms with E-state index in [1.807, 2.05) is 0 Å². The van der Waals surface area contributed by atoms with Crippen LogP contribution in [0.2, 0.25) is 0 Å². The van der Waals surface area contributed by atoms with Crippen LogP contribution in [0.3, 0.4) is 0 Å². The Bertz CT molecular complexity index is 573. The molecule has 0 saturated carbocycles. The predicted molar refractivity (Wildman–Crippen MR) is 78.6 cm³/mol. The van der Waals surface area contributed by atoms with E-state index in [1.165, 1.54) is 10.9 Å². The summed E-state index contributed by atoms with van der Waals surface area (Å²) in [5.41, 5.74) is 2.39. The maximum absolute atomic E-state index is 4.53. The third kappa shape index (κ3) is 2.40. The van der Waals surface area contributed by atoms with Gasteiger partial charge in [0.2, 0.25) is 0 Å². The topological polar surface area (TPSA) is 32.3 Å². The van der Waals surface area contributed by atoms with Gasteiger partial charge in [-0.1, -0.05) is 13.0 Å². The highest BCUT2D eigenvalue weighted by Gasteiger charge is 2.17. The van der Waals surface area contributed by atoms with Gasteiger partial charge in [-0.3, -0.25) is 0 Å². The molecule has 0 unspecified atom stereocenters. The molecule has 1 aromatic heterocycles. The summed E-state index contributed by atoms with van der Waals surface area (Å²) in [7, 11) is 2.17. The summed E-state index contributed by atoms with van der Waals surface area (Å²) >= 11 is 0. The lowest BCUT2D eigenvalue weighted by molar-refractivity contribution is 0.312. The lowest BCUT2D eigenvalue weighted by Crippen LogP contribution is -2.44. The van der Waals surface area contributed by atoms with Gasteiger partial charge in [0.25, 0.3) is 0 Å². The van der Waals surface area contributed by atoms with Crippen molar-refractivity contribution >= 4 is 16.7 Å². The largest absolute Gasteiger partial charge is 0.353 e. The van der Waals surface area contributed by atoms with E-state index in [9.17, 15) is 0 Å². The van der Waals surface area contributed by atoms with E-state index in [4.69, 9.17) is 0 Å². The third-order valence-corrected chi connectivity index (χ3v) is 3.89. The van der Waals surface area contributed by atoms with E-state index in [-0.39, 0.29) is 0 Å². The zero-order valence-electron chi connectivity index (χ0n) is 11.6. The van der Waals surface area contributed by atoms with Gasteiger partial charge in [-0.15, -0.1) is 0 Å². The normalized spacial score (nSPS) is 17.1. The van der Waals surface area contributed by atoms with Crippen molar-refractivity contribution in [3.63, 3.8) is 0 Å². The quantitative estimate of drug-likeness (QED) is 0.822. The van der Waals surface area contributed by atoms with Crippen molar-refractivity contribution < 1.29 is 0 Å². The van der Waals surface area contributed by atoms with Gasteiger partial charge in [-0.05, 0) is 31.2 Å². The average molecular weight is 256 g/mol. The number of fused-ring (bicyclic) bond motifs is 1. The summed E-state index contributed by atoms with van der Waals surface area (Å²) < 4.78 is 0. The molecule has 0 amide bonds. The van der Waals surface area contributed by atoms with Crippen LogP contribution in [-0.4, -0.2) is 48.1 Å². The Morgan fingerprint density at radius 2 is 1.89 bits per heavy atom.